The van der Waals surface area contributed by atoms with Crippen molar-refractivity contribution in [2.45, 2.75) is 6.42 Å². The quantitative estimate of drug-likeness (QED) is 0.616. The normalized spacial score (nSPS) is 10.2. The molecule has 1 aromatic heterocycles. The SMILES string of the molecule is CN(C#N)CCc1ccc2[nH]c(=O)oc2c1. The van der Waals surface area contributed by atoms with Gasteiger partial charge >= 0.3 is 5.76 Å². The van der Waals surface area contributed by atoms with Crippen LogP contribution in [-0.2, 0) is 6.42 Å². The molecule has 2 rings (SSSR count). The molecule has 1 heterocycles. The molecule has 0 bridgehead atoms. The topological polar surface area (TPSA) is 73.0 Å². The van der Waals surface area contributed by atoms with Crippen LogP contribution in [0.1, 0.15) is 5.56 Å². The van der Waals surface area contributed by atoms with Gasteiger partial charge in [-0.1, -0.05) is 6.07 Å². The maximum Gasteiger partial charge on any atom is 0.417 e. The minimum Gasteiger partial charge on any atom is -0.408 e. The van der Waals surface area contributed by atoms with Crippen LogP contribution in [0.5, 0.6) is 0 Å². The van der Waals surface area contributed by atoms with E-state index >= 15 is 0 Å². The lowest BCUT2D eigenvalue weighted by atomic mass is 10.1. The first-order valence-corrected chi connectivity index (χ1v) is 4.91. The van der Waals surface area contributed by atoms with Crippen molar-refractivity contribution in [3.05, 3.63) is 34.3 Å². The molecule has 0 amide bonds. The number of nitriles is 1. The maximum absolute atomic E-state index is 10.9. The Balaban J connectivity index is 2.20. The van der Waals surface area contributed by atoms with Gasteiger partial charge in [0.05, 0.1) is 5.52 Å². The molecule has 0 unspecified atom stereocenters. The first-order chi connectivity index (χ1) is 7.69. The fourth-order valence-electron chi connectivity index (χ4n) is 1.49. The van der Waals surface area contributed by atoms with E-state index in [1.165, 1.54) is 0 Å². The first-order valence-electron chi connectivity index (χ1n) is 4.91. The van der Waals surface area contributed by atoms with Crippen LogP contribution in [0.2, 0.25) is 0 Å². The Morgan fingerprint density at radius 2 is 2.38 bits per heavy atom. The largest absolute Gasteiger partial charge is 0.417 e. The lowest BCUT2D eigenvalue weighted by molar-refractivity contribution is 0.478. The maximum atomic E-state index is 10.9. The molecule has 1 N–H and O–H groups in total. The van der Waals surface area contributed by atoms with Gasteiger partial charge in [-0.3, -0.25) is 4.98 Å². The van der Waals surface area contributed by atoms with Gasteiger partial charge < -0.3 is 9.32 Å². The van der Waals surface area contributed by atoms with Crippen molar-refractivity contribution in [3.8, 4) is 6.19 Å². The highest BCUT2D eigenvalue weighted by Gasteiger charge is 2.02. The number of hydrogen-bond donors (Lipinski definition) is 1. The van der Waals surface area contributed by atoms with Crippen molar-refractivity contribution in [1.82, 2.24) is 9.88 Å². The third kappa shape index (κ3) is 2.06. The van der Waals surface area contributed by atoms with E-state index in [1.54, 1.807) is 11.9 Å². The molecular formula is C11H11N3O2. The summed E-state index contributed by atoms with van der Waals surface area (Å²) in [6, 6.07) is 5.54. The highest BCUT2D eigenvalue weighted by Crippen LogP contribution is 2.12. The number of rotatable bonds is 3. The lowest BCUT2D eigenvalue weighted by Gasteiger charge is -2.07. The van der Waals surface area contributed by atoms with E-state index in [0.717, 1.165) is 12.0 Å². The number of oxazole rings is 1. The molecule has 0 aliphatic heterocycles. The number of nitrogens with one attached hydrogen (secondary N) is 1. The summed E-state index contributed by atoms with van der Waals surface area (Å²) in [5.41, 5.74) is 2.29. The van der Waals surface area contributed by atoms with Crippen molar-refractivity contribution in [2.24, 2.45) is 0 Å². The molecule has 0 atom stereocenters. The fraction of sp³-hybridized carbons (Fsp3) is 0.273. The molecule has 82 valence electrons. The second-order valence-electron chi connectivity index (χ2n) is 3.62. The Bertz CT molecular complexity index is 591. The van der Waals surface area contributed by atoms with E-state index in [4.69, 9.17) is 9.68 Å². The first kappa shape index (κ1) is 10.3. The van der Waals surface area contributed by atoms with E-state index in [9.17, 15) is 4.79 Å². The molecule has 2 aromatic rings. The second-order valence-corrected chi connectivity index (χ2v) is 3.62. The Morgan fingerprint density at radius 3 is 3.12 bits per heavy atom. The number of likely N-dealkylation sites (N-methyl/N-ethyl adjacent to an activating group) is 1. The Labute approximate surface area is 91.9 Å². The van der Waals surface area contributed by atoms with Gasteiger partial charge in [-0.05, 0) is 24.1 Å². The van der Waals surface area contributed by atoms with Crippen LogP contribution in [0.15, 0.2) is 27.4 Å². The van der Waals surface area contributed by atoms with Gasteiger partial charge in [-0.2, -0.15) is 5.26 Å². The van der Waals surface area contributed by atoms with Gasteiger partial charge in [0, 0.05) is 13.6 Å². The highest BCUT2D eigenvalue weighted by molar-refractivity contribution is 5.72. The number of fused-ring (bicyclic) bond motifs is 1. The van der Waals surface area contributed by atoms with Crippen LogP contribution >= 0.6 is 0 Å². The zero-order valence-electron chi connectivity index (χ0n) is 8.86. The minimum absolute atomic E-state index is 0.443. The second kappa shape index (κ2) is 4.11. The predicted octanol–water partition coefficient (Wildman–Crippen LogP) is 1.08. The van der Waals surface area contributed by atoms with Crippen LogP contribution < -0.4 is 5.76 Å². The number of H-pyrrole nitrogens is 1. The smallest absolute Gasteiger partial charge is 0.408 e. The van der Waals surface area contributed by atoms with Crippen molar-refractivity contribution in [1.29, 1.82) is 5.26 Å². The van der Waals surface area contributed by atoms with E-state index in [-0.39, 0.29) is 0 Å². The molecule has 1 aromatic carbocycles. The number of aromatic amines is 1. The predicted molar refractivity (Wildman–Crippen MR) is 58.8 cm³/mol. The lowest BCUT2D eigenvalue weighted by Crippen LogP contribution is -2.14. The van der Waals surface area contributed by atoms with Crippen molar-refractivity contribution < 1.29 is 4.42 Å². The van der Waals surface area contributed by atoms with Gasteiger partial charge in [-0.25, -0.2) is 4.79 Å². The molecule has 0 fully saturated rings. The number of nitrogens with zero attached hydrogens (tertiary/aromatic N) is 2. The Morgan fingerprint density at radius 1 is 1.56 bits per heavy atom. The van der Waals surface area contributed by atoms with Gasteiger partial charge in [0.15, 0.2) is 11.8 Å². The zero-order valence-corrected chi connectivity index (χ0v) is 8.86. The van der Waals surface area contributed by atoms with Crippen LogP contribution in [0.4, 0.5) is 0 Å². The average Bonchev–Trinajstić information content (AvgIpc) is 2.65. The standard InChI is InChI=1S/C11H11N3O2/c1-14(7-12)5-4-8-2-3-9-10(6-8)16-11(15)13-9/h2-3,6H,4-5H2,1H3,(H,13,15). The van der Waals surface area contributed by atoms with E-state index in [2.05, 4.69) is 4.98 Å². The molecule has 0 radical (unpaired) electrons. The molecule has 0 saturated heterocycles. The number of aromatic nitrogens is 1. The number of hydrogen-bond acceptors (Lipinski definition) is 4. The molecule has 5 nitrogen and oxygen atoms in total. The van der Waals surface area contributed by atoms with Crippen molar-refractivity contribution in [2.75, 3.05) is 13.6 Å². The Kier molecular flexibility index (Phi) is 2.64. The minimum atomic E-state index is -0.443. The van der Waals surface area contributed by atoms with E-state index < -0.39 is 5.76 Å². The Hall–Kier alpha value is -2.22. The van der Waals surface area contributed by atoms with Gasteiger partial charge in [0.1, 0.15) is 0 Å². The van der Waals surface area contributed by atoms with Crippen LogP contribution in [0.25, 0.3) is 11.1 Å². The molecule has 0 spiro atoms. The average molecular weight is 217 g/mol. The van der Waals surface area contributed by atoms with Crippen LogP contribution in [0, 0.1) is 11.5 Å². The van der Waals surface area contributed by atoms with Gasteiger partial charge in [-0.15, -0.1) is 0 Å². The summed E-state index contributed by atoms with van der Waals surface area (Å²) in [4.78, 5) is 15.1. The summed E-state index contributed by atoms with van der Waals surface area (Å²) >= 11 is 0. The summed E-state index contributed by atoms with van der Waals surface area (Å²) in [5, 5.41) is 8.60. The van der Waals surface area contributed by atoms with Crippen molar-refractivity contribution >= 4 is 11.1 Å². The molecule has 5 heteroatoms. The van der Waals surface area contributed by atoms with Gasteiger partial charge in [0.2, 0.25) is 0 Å². The third-order valence-electron chi connectivity index (χ3n) is 2.39. The summed E-state index contributed by atoms with van der Waals surface area (Å²) in [7, 11) is 1.73. The molecule has 16 heavy (non-hydrogen) atoms. The van der Waals surface area contributed by atoms with Gasteiger partial charge in [0.25, 0.3) is 0 Å². The van der Waals surface area contributed by atoms with Crippen molar-refractivity contribution in [3.63, 3.8) is 0 Å². The van der Waals surface area contributed by atoms with E-state index in [0.29, 0.717) is 17.6 Å². The monoisotopic (exact) mass is 217 g/mol. The highest BCUT2D eigenvalue weighted by atomic mass is 16.4. The zero-order chi connectivity index (χ0) is 11.5. The summed E-state index contributed by atoms with van der Waals surface area (Å²) < 4.78 is 4.95. The molecule has 0 aliphatic carbocycles. The molecular weight excluding hydrogens is 206 g/mol. The molecule has 0 saturated carbocycles. The third-order valence-corrected chi connectivity index (χ3v) is 2.39. The summed E-state index contributed by atoms with van der Waals surface area (Å²) in [6.45, 7) is 0.649. The summed E-state index contributed by atoms with van der Waals surface area (Å²) in [6.07, 6.45) is 2.78. The van der Waals surface area contributed by atoms with E-state index in [1.807, 2.05) is 24.4 Å². The van der Waals surface area contributed by atoms with Crippen LogP contribution in [-0.4, -0.2) is 23.5 Å². The summed E-state index contributed by atoms with van der Waals surface area (Å²) in [5.74, 6) is -0.443. The fourth-order valence-corrected chi connectivity index (χ4v) is 1.49. The van der Waals surface area contributed by atoms with Crippen LogP contribution in [0.3, 0.4) is 0 Å². The molecule has 0 aliphatic rings. The number of benzene rings is 1.